The minimum atomic E-state index is -3.89. The molecule has 0 aliphatic rings. The zero-order chi connectivity index (χ0) is 19.0. The van der Waals surface area contributed by atoms with Crippen molar-refractivity contribution in [2.45, 2.75) is 49.7 Å². The largest absolute Gasteiger partial charge is 0.359 e. The predicted octanol–water partition coefficient (Wildman–Crippen LogP) is 3.93. The Morgan fingerprint density at radius 2 is 1.68 bits per heavy atom. The molecule has 0 unspecified atom stereocenters. The number of carbonyl (C=O) groups excluding carboxylic acids is 1. The summed E-state index contributed by atoms with van der Waals surface area (Å²) in [6.07, 6.45) is 0. The van der Waals surface area contributed by atoms with E-state index in [1.807, 2.05) is 20.8 Å². The molecule has 2 rings (SSSR count). The molecule has 0 atom stereocenters. The Bertz CT molecular complexity index is 878. The molecule has 6 nitrogen and oxygen atoms in total. The molecule has 8 heteroatoms. The summed E-state index contributed by atoms with van der Waals surface area (Å²) in [6, 6.07) is 7.76. The van der Waals surface area contributed by atoms with Crippen LogP contribution in [0, 0.1) is 0 Å². The van der Waals surface area contributed by atoms with Gasteiger partial charge < -0.3 is 9.84 Å². The standard InChI is InChI=1S/C17H21BrN2O4S/c1-16(2,3)13-10-14(20-24-13)19-15(21)17(4,5)25(22,23)12-8-6-11(18)7-9-12/h6-10H,1-5H3,(H,19,20,21). The maximum atomic E-state index is 12.8. The van der Waals surface area contributed by atoms with Crippen LogP contribution in [0.5, 0.6) is 0 Å². The molecule has 1 N–H and O–H groups in total. The van der Waals surface area contributed by atoms with Crippen molar-refractivity contribution in [2.75, 3.05) is 5.32 Å². The Balaban J connectivity index is 2.27. The van der Waals surface area contributed by atoms with Crippen LogP contribution in [-0.2, 0) is 20.0 Å². The third kappa shape index (κ3) is 3.95. The molecule has 1 aromatic heterocycles. The highest BCUT2D eigenvalue weighted by Gasteiger charge is 2.43. The van der Waals surface area contributed by atoms with Gasteiger partial charge in [-0.2, -0.15) is 0 Å². The number of sulfone groups is 1. The van der Waals surface area contributed by atoms with E-state index in [0.717, 1.165) is 4.47 Å². The first-order valence-electron chi connectivity index (χ1n) is 7.64. The summed E-state index contributed by atoms with van der Waals surface area (Å²) in [4.78, 5) is 12.7. The van der Waals surface area contributed by atoms with Gasteiger partial charge in [-0.15, -0.1) is 0 Å². The van der Waals surface area contributed by atoms with E-state index in [9.17, 15) is 13.2 Å². The monoisotopic (exact) mass is 428 g/mol. The average Bonchev–Trinajstić information content (AvgIpc) is 2.96. The molecule has 1 heterocycles. The van der Waals surface area contributed by atoms with Gasteiger partial charge in [0.1, 0.15) is 10.5 Å². The van der Waals surface area contributed by atoms with Gasteiger partial charge in [-0.1, -0.05) is 41.9 Å². The summed E-state index contributed by atoms with van der Waals surface area (Å²) in [5, 5.41) is 6.32. The highest BCUT2D eigenvalue weighted by Crippen LogP contribution is 2.29. The molecule has 25 heavy (non-hydrogen) atoms. The van der Waals surface area contributed by atoms with E-state index in [1.54, 1.807) is 18.2 Å². The van der Waals surface area contributed by atoms with Crippen molar-refractivity contribution in [2.24, 2.45) is 0 Å². The number of amides is 1. The summed E-state index contributed by atoms with van der Waals surface area (Å²) in [6.45, 7) is 8.57. The van der Waals surface area contributed by atoms with Gasteiger partial charge in [0.15, 0.2) is 15.7 Å². The summed E-state index contributed by atoms with van der Waals surface area (Å²) >= 11 is 3.26. The average molecular weight is 429 g/mol. The first-order valence-corrected chi connectivity index (χ1v) is 9.92. The third-order valence-electron chi connectivity index (χ3n) is 3.83. The van der Waals surface area contributed by atoms with Crippen LogP contribution in [-0.4, -0.2) is 24.2 Å². The number of carbonyl (C=O) groups is 1. The summed E-state index contributed by atoms with van der Waals surface area (Å²) in [5.41, 5.74) is -0.269. The van der Waals surface area contributed by atoms with E-state index in [2.05, 4.69) is 26.4 Å². The van der Waals surface area contributed by atoms with Crippen molar-refractivity contribution >= 4 is 37.5 Å². The molecule has 0 aliphatic carbocycles. The fourth-order valence-corrected chi connectivity index (χ4v) is 3.63. The highest BCUT2D eigenvalue weighted by atomic mass is 79.9. The number of anilines is 1. The van der Waals surface area contributed by atoms with Crippen molar-refractivity contribution in [3.05, 3.63) is 40.6 Å². The van der Waals surface area contributed by atoms with Crippen LogP contribution in [0.25, 0.3) is 0 Å². The van der Waals surface area contributed by atoms with E-state index in [0.29, 0.717) is 5.76 Å². The minimum Gasteiger partial charge on any atom is -0.359 e. The number of rotatable bonds is 4. The second-order valence-electron chi connectivity index (χ2n) is 7.25. The molecule has 1 amide bonds. The van der Waals surface area contributed by atoms with Gasteiger partial charge in [-0.25, -0.2) is 8.42 Å². The first-order chi connectivity index (χ1) is 11.4. The molecule has 136 valence electrons. The van der Waals surface area contributed by atoms with Crippen LogP contribution in [0.4, 0.5) is 5.82 Å². The van der Waals surface area contributed by atoms with Gasteiger partial charge in [0.2, 0.25) is 5.91 Å². The van der Waals surface area contributed by atoms with Crippen molar-refractivity contribution < 1.29 is 17.7 Å². The van der Waals surface area contributed by atoms with E-state index < -0.39 is 20.5 Å². The van der Waals surface area contributed by atoms with Gasteiger partial charge in [-0.05, 0) is 38.1 Å². The van der Waals surface area contributed by atoms with Crippen LogP contribution < -0.4 is 5.32 Å². The molecule has 1 aromatic carbocycles. The molecule has 0 bridgehead atoms. The van der Waals surface area contributed by atoms with Crippen LogP contribution in [0.2, 0.25) is 0 Å². The lowest BCUT2D eigenvalue weighted by atomic mass is 9.93. The number of benzene rings is 1. The topological polar surface area (TPSA) is 89.3 Å². The van der Waals surface area contributed by atoms with E-state index >= 15 is 0 Å². The fourth-order valence-electron chi connectivity index (χ4n) is 1.98. The molecule has 0 saturated carbocycles. The summed E-state index contributed by atoms with van der Waals surface area (Å²) < 4.78 is 30.0. The van der Waals surface area contributed by atoms with Gasteiger partial charge >= 0.3 is 0 Å². The molecular formula is C17H21BrN2O4S. The SMILES string of the molecule is CC(C)(C)c1cc(NC(=O)C(C)(C)S(=O)(=O)c2ccc(Br)cc2)no1. The summed E-state index contributed by atoms with van der Waals surface area (Å²) in [5.74, 6) is 0.106. The van der Waals surface area contributed by atoms with Crippen molar-refractivity contribution in [3.8, 4) is 0 Å². The number of nitrogens with zero attached hydrogens (tertiary/aromatic N) is 1. The van der Waals surface area contributed by atoms with Gasteiger partial charge in [0.25, 0.3) is 0 Å². The third-order valence-corrected chi connectivity index (χ3v) is 6.78. The molecule has 2 aromatic rings. The highest BCUT2D eigenvalue weighted by molar-refractivity contribution is 9.10. The van der Waals surface area contributed by atoms with E-state index in [4.69, 9.17) is 4.52 Å². The lowest BCUT2D eigenvalue weighted by molar-refractivity contribution is -0.117. The number of halogens is 1. The second kappa shape index (κ2) is 6.57. The number of nitrogens with one attached hydrogen (secondary N) is 1. The Morgan fingerprint density at radius 1 is 1.12 bits per heavy atom. The van der Waals surface area contributed by atoms with E-state index in [-0.39, 0.29) is 16.1 Å². The molecule has 0 saturated heterocycles. The zero-order valence-electron chi connectivity index (χ0n) is 14.8. The molecule has 0 spiro atoms. The lowest BCUT2D eigenvalue weighted by Crippen LogP contribution is -2.44. The predicted molar refractivity (Wildman–Crippen MR) is 99.2 cm³/mol. The number of hydrogen-bond donors (Lipinski definition) is 1. The van der Waals surface area contributed by atoms with Crippen LogP contribution in [0.15, 0.2) is 44.2 Å². The Hall–Kier alpha value is -1.67. The zero-order valence-corrected chi connectivity index (χ0v) is 17.2. The maximum absolute atomic E-state index is 12.8. The number of hydrogen-bond acceptors (Lipinski definition) is 5. The quantitative estimate of drug-likeness (QED) is 0.796. The fraction of sp³-hybridized carbons (Fsp3) is 0.412. The van der Waals surface area contributed by atoms with Crippen molar-refractivity contribution in [1.82, 2.24) is 5.16 Å². The normalized spacial score (nSPS) is 12.9. The van der Waals surface area contributed by atoms with Crippen LogP contribution in [0.3, 0.4) is 0 Å². The van der Waals surface area contributed by atoms with Gasteiger partial charge in [0.05, 0.1) is 4.90 Å². The Labute approximate surface area is 156 Å². The van der Waals surface area contributed by atoms with Gasteiger partial charge in [-0.3, -0.25) is 4.79 Å². The Morgan fingerprint density at radius 3 is 2.16 bits per heavy atom. The Kier molecular flexibility index (Phi) is 5.16. The molecular weight excluding hydrogens is 408 g/mol. The second-order valence-corrected chi connectivity index (χ2v) is 10.7. The number of aromatic nitrogens is 1. The summed E-state index contributed by atoms with van der Waals surface area (Å²) in [7, 11) is -3.89. The molecule has 0 fully saturated rings. The lowest BCUT2D eigenvalue weighted by Gasteiger charge is -2.23. The first kappa shape index (κ1) is 19.7. The van der Waals surface area contributed by atoms with Crippen LogP contribution in [0.1, 0.15) is 40.4 Å². The molecule has 0 aliphatic heterocycles. The minimum absolute atomic E-state index is 0.0754. The smallest absolute Gasteiger partial charge is 0.246 e. The van der Waals surface area contributed by atoms with Crippen molar-refractivity contribution in [3.63, 3.8) is 0 Å². The maximum Gasteiger partial charge on any atom is 0.246 e. The van der Waals surface area contributed by atoms with Crippen LogP contribution >= 0.6 is 15.9 Å². The van der Waals surface area contributed by atoms with Gasteiger partial charge in [0, 0.05) is 16.0 Å². The van der Waals surface area contributed by atoms with E-state index in [1.165, 1.54) is 26.0 Å². The van der Waals surface area contributed by atoms with Crippen molar-refractivity contribution in [1.29, 1.82) is 0 Å². The molecule has 0 radical (unpaired) electrons.